The topological polar surface area (TPSA) is 44.4 Å². The van der Waals surface area contributed by atoms with Gasteiger partial charge in [-0.1, -0.05) is 31.0 Å². The van der Waals surface area contributed by atoms with Crippen molar-refractivity contribution in [2.24, 2.45) is 0 Å². The molecule has 0 aliphatic carbocycles. The Balaban J connectivity index is 1.64. The summed E-state index contributed by atoms with van der Waals surface area (Å²) in [5, 5.41) is 6.32. The average Bonchev–Trinajstić information content (AvgIpc) is 2.52. The number of halogens is 1. The molecular formula is C17H26ClN3O. The molecule has 0 unspecified atom stereocenters. The number of nitrogens with zero attached hydrogens (tertiary/aromatic N) is 1. The van der Waals surface area contributed by atoms with Crippen LogP contribution in [0.1, 0.15) is 39.0 Å². The molecule has 22 heavy (non-hydrogen) atoms. The van der Waals surface area contributed by atoms with Crippen molar-refractivity contribution in [2.75, 3.05) is 25.0 Å². The molecule has 1 aliphatic rings. The van der Waals surface area contributed by atoms with Gasteiger partial charge < -0.3 is 15.5 Å². The maximum Gasteiger partial charge on any atom is 0.319 e. The van der Waals surface area contributed by atoms with Crippen LogP contribution in [0.3, 0.4) is 0 Å². The highest BCUT2D eigenvalue weighted by molar-refractivity contribution is 6.30. The van der Waals surface area contributed by atoms with Crippen molar-refractivity contribution >= 4 is 23.3 Å². The van der Waals surface area contributed by atoms with Crippen molar-refractivity contribution in [1.82, 2.24) is 10.2 Å². The molecule has 0 bridgehead atoms. The number of carbonyl (C=O) groups is 1. The normalized spacial score (nSPS) is 18.9. The van der Waals surface area contributed by atoms with Gasteiger partial charge in [0.15, 0.2) is 0 Å². The van der Waals surface area contributed by atoms with Crippen molar-refractivity contribution in [3.8, 4) is 0 Å². The highest BCUT2D eigenvalue weighted by Gasteiger charge is 2.19. The molecule has 4 nitrogen and oxygen atoms in total. The van der Waals surface area contributed by atoms with Crippen molar-refractivity contribution in [3.63, 3.8) is 0 Å². The van der Waals surface area contributed by atoms with E-state index in [1.165, 1.54) is 32.2 Å². The quantitative estimate of drug-likeness (QED) is 0.774. The SMILES string of the molecule is CC[C@H]1CCCCN1CCCNC(=O)Nc1cccc(Cl)c1. The third kappa shape index (κ3) is 5.50. The van der Waals surface area contributed by atoms with E-state index in [4.69, 9.17) is 11.6 Å². The Morgan fingerprint density at radius 1 is 1.41 bits per heavy atom. The molecule has 1 aromatic rings. The number of amides is 2. The van der Waals surface area contributed by atoms with Crippen LogP contribution < -0.4 is 10.6 Å². The van der Waals surface area contributed by atoms with Gasteiger partial charge in [-0.25, -0.2) is 4.79 Å². The van der Waals surface area contributed by atoms with Gasteiger partial charge in [0.25, 0.3) is 0 Å². The third-order valence-corrected chi connectivity index (χ3v) is 4.45. The van der Waals surface area contributed by atoms with Gasteiger partial charge >= 0.3 is 6.03 Å². The Kier molecular flexibility index (Phi) is 7.00. The fourth-order valence-corrected chi connectivity index (χ4v) is 3.23. The van der Waals surface area contributed by atoms with E-state index < -0.39 is 0 Å². The first-order chi connectivity index (χ1) is 10.7. The number of carbonyl (C=O) groups excluding carboxylic acids is 1. The smallest absolute Gasteiger partial charge is 0.319 e. The maximum atomic E-state index is 11.8. The van der Waals surface area contributed by atoms with Gasteiger partial charge in [-0.2, -0.15) is 0 Å². The standard InChI is InChI=1S/C17H26ClN3O/c1-2-16-9-3-4-11-21(16)12-6-10-19-17(22)20-15-8-5-7-14(18)13-15/h5,7-8,13,16H,2-4,6,9-12H2,1H3,(H2,19,20,22)/t16-/m0/s1. The van der Waals surface area contributed by atoms with Crippen LogP contribution in [-0.2, 0) is 0 Å². The molecule has 1 atom stereocenters. The van der Waals surface area contributed by atoms with Gasteiger partial charge in [-0.15, -0.1) is 0 Å². The maximum absolute atomic E-state index is 11.8. The van der Waals surface area contributed by atoms with Crippen molar-refractivity contribution < 1.29 is 4.79 Å². The minimum atomic E-state index is -0.173. The molecule has 1 aliphatic heterocycles. The van der Waals surface area contributed by atoms with E-state index in [0.29, 0.717) is 17.3 Å². The van der Waals surface area contributed by atoms with Gasteiger partial charge in [-0.05, 0) is 50.4 Å². The Bertz CT molecular complexity index is 481. The van der Waals surface area contributed by atoms with Crippen molar-refractivity contribution in [1.29, 1.82) is 0 Å². The lowest BCUT2D eigenvalue weighted by atomic mass is 10.00. The Morgan fingerprint density at radius 3 is 3.05 bits per heavy atom. The molecule has 5 heteroatoms. The monoisotopic (exact) mass is 323 g/mol. The number of piperidine rings is 1. The zero-order chi connectivity index (χ0) is 15.8. The average molecular weight is 324 g/mol. The highest BCUT2D eigenvalue weighted by Crippen LogP contribution is 2.19. The first-order valence-corrected chi connectivity index (χ1v) is 8.61. The summed E-state index contributed by atoms with van der Waals surface area (Å²) in [6.45, 7) is 5.22. The minimum Gasteiger partial charge on any atom is -0.338 e. The molecule has 122 valence electrons. The number of nitrogens with one attached hydrogen (secondary N) is 2. The zero-order valence-electron chi connectivity index (χ0n) is 13.3. The van der Waals surface area contributed by atoms with E-state index >= 15 is 0 Å². The number of urea groups is 1. The van der Waals surface area contributed by atoms with Crippen LogP contribution in [-0.4, -0.2) is 36.6 Å². The Labute approximate surface area is 138 Å². The number of likely N-dealkylation sites (tertiary alicyclic amines) is 1. The second-order valence-corrected chi connectivity index (χ2v) is 6.28. The summed E-state index contributed by atoms with van der Waals surface area (Å²) in [4.78, 5) is 14.4. The van der Waals surface area contributed by atoms with E-state index in [9.17, 15) is 4.79 Å². The number of benzene rings is 1. The molecule has 1 aromatic carbocycles. The summed E-state index contributed by atoms with van der Waals surface area (Å²) in [7, 11) is 0. The highest BCUT2D eigenvalue weighted by atomic mass is 35.5. The lowest BCUT2D eigenvalue weighted by Crippen LogP contribution is -2.41. The molecule has 0 saturated carbocycles. The van der Waals surface area contributed by atoms with E-state index in [0.717, 1.165) is 19.0 Å². The first kappa shape index (κ1) is 17.1. The summed E-state index contributed by atoms with van der Waals surface area (Å²) >= 11 is 5.89. The molecule has 1 fully saturated rings. The van der Waals surface area contributed by atoms with E-state index in [1.54, 1.807) is 12.1 Å². The minimum absolute atomic E-state index is 0.173. The van der Waals surface area contributed by atoms with Gasteiger partial charge in [0.2, 0.25) is 0 Å². The van der Waals surface area contributed by atoms with Crippen molar-refractivity contribution in [2.45, 2.75) is 45.1 Å². The van der Waals surface area contributed by atoms with E-state index in [2.05, 4.69) is 22.5 Å². The third-order valence-electron chi connectivity index (χ3n) is 4.21. The van der Waals surface area contributed by atoms with Crippen LogP contribution in [0.25, 0.3) is 0 Å². The molecule has 2 N–H and O–H groups in total. The second kappa shape index (κ2) is 9.01. The predicted molar refractivity (Wildman–Crippen MR) is 92.6 cm³/mol. The number of hydrogen-bond donors (Lipinski definition) is 2. The predicted octanol–water partition coefficient (Wildman–Crippen LogP) is 4.12. The number of rotatable bonds is 6. The molecule has 0 aromatic heterocycles. The van der Waals surface area contributed by atoms with Crippen molar-refractivity contribution in [3.05, 3.63) is 29.3 Å². The lowest BCUT2D eigenvalue weighted by molar-refractivity contribution is 0.142. The molecule has 1 saturated heterocycles. The van der Waals surface area contributed by atoms with Crippen LogP contribution in [0.4, 0.5) is 10.5 Å². The van der Waals surface area contributed by atoms with Crippen LogP contribution in [0, 0.1) is 0 Å². The van der Waals surface area contributed by atoms with Gasteiger partial charge in [0.1, 0.15) is 0 Å². The fourth-order valence-electron chi connectivity index (χ4n) is 3.04. The second-order valence-electron chi connectivity index (χ2n) is 5.84. The summed E-state index contributed by atoms with van der Waals surface area (Å²) < 4.78 is 0. The van der Waals surface area contributed by atoms with Gasteiger partial charge in [0, 0.05) is 29.8 Å². The van der Waals surface area contributed by atoms with Crippen LogP contribution >= 0.6 is 11.6 Å². The summed E-state index contributed by atoms with van der Waals surface area (Å²) in [5.74, 6) is 0. The zero-order valence-corrected chi connectivity index (χ0v) is 14.0. The summed E-state index contributed by atoms with van der Waals surface area (Å²) in [6, 6.07) is 7.72. The van der Waals surface area contributed by atoms with E-state index in [1.807, 2.05) is 12.1 Å². The summed E-state index contributed by atoms with van der Waals surface area (Å²) in [5.41, 5.74) is 0.715. The van der Waals surface area contributed by atoms with E-state index in [-0.39, 0.29) is 6.03 Å². The van der Waals surface area contributed by atoms with Gasteiger partial charge in [-0.3, -0.25) is 0 Å². The molecule has 1 heterocycles. The molecule has 0 radical (unpaired) electrons. The fraction of sp³-hybridized carbons (Fsp3) is 0.588. The lowest BCUT2D eigenvalue weighted by Gasteiger charge is -2.35. The number of anilines is 1. The molecule has 2 rings (SSSR count). The molecule has 0 spiro atoms. The largest absolute Gasteiger partial charge is 0.338 e. The Morgan fingerprint density at radius 2 is 2.27 bits per heavy atom. The molecule has 2 amide bonds. The Hall–Kier alpha value is -1.26. The van der Waals surface area contributed by atoms with Gasteiger partial charge in [0.05, 0.1) is 0 Å². The van der Waals surface area contributed by atoms with Crippen LogP contribution in [0.15, 0.2) is 24.3 Å². The molecular weight excluding hydrogens is 298 g/mol. The first-order valence-electron chi connectivity index (χ1n) is 8.23. The summed E-state index contributed by atoms with van der Waals surface area (Å²) in [6.07, 6.45) is 6.19. The number of hydrogen-bond acceptors (Lipinski definition) is 2. The van der Waals surface area contributed by atoms with Crippen LogP contribution in [0.2, 0.25) is 5.02 Å². The van der Waals surface area contributed by atoms with Crippen LogP contribution in [0.5, 0.6) is 0 Å².